The molecule has 1 amide bonds. The van der Waals surface area contributed by atoms with Crippen molar-refractivity contribution < 1.29 is 9.53 Å². The maximum absolute atomic E-state index is 13.3. The van der Waals surface area contributed by atoms with Crippen LogP contribution in [0.25, 0.3) is 11.2 Å². The van der Waals surface area contributed by atoms with Gasteiger partial charge in [-0.2, -0.15) is 9.97 Å². The normalized spacial score (nSPS) is 19.4. The number of methoxy groups -OCH3 is 1. The Balaban J connectivity index is 1.23. The summed E-state index contributed by atoms with van der Waals surface area (Å²) in [6.45, 7) is 4.56. The number of aromatic amines is 1. The molecule has 2 aliphatic rings. The molecule has 2 fully saturated rings. The predicted molar refractivity (Wildman–Crippen MR) is 123 cm³/mol. The van der Waals surface area contributed by atoms with E-state index in [4.69, 9.17) is 16.3 Å². The second-order valence-corrected chi connectivity index (χ2v) is 8.55. The standard InChI is InChI=1S/C22H26ClN7O2/c1-32-17-6-4-16(5-7-17)28-9-11-29(12-10-28)21(31)15-3-2-8-30(13-15)20-18-19(25-14-24-18)26-22(23)27-20/h4-7,14-15H,2-3,8-13H2,1H3,(H,24,25,26,27). The smallest absolute Gasteiger partial charge is 0.227 e. The zero-order chi connectivity index (χ0) is 22.1. The number of hydrogen-bond acceptors (Lipinski definition) is 7. The second kappa shape index (κ2) is 8.82. The fourth-order valence-electron chi connectivity index (χ4n) is 4.63. The lowest BCUT2D eigenvalue weighted by molar-refractivity contribution is -0.136. The first kappa shape index (κ1) is 20.8. The topological polar surface area (TPSA) is 90.5 Å². The number of piperazine rings is 1. The molecule has 1 atom stereocenters. The fourth-order valence-corrected chi connectivity index (χ4v) is 4.79. The van der Waals surface area contributed by atoms with E-state index in [-0.39, 0.29) is 17.1 Å². The lowest BCUT2D eigenvalue weighted by Crippen LogP contribution is -2.52. The number of amides is 1. The molecule has 2 saturated heterocycles. The first-order chi connectivity index (χ1) is 15.6. The van der Waals surface area contributed by atoms with Crippen molar-refractivity contribution in [2.75, 3.05) is 56.2 Å². The molecular formula is C22H26ClN7O2. The molecule has 9 nitrogen and oxygen atoms in total. The second-order valence-electron chi connectivity index (χ2n) is 8.21. The van der Waals surface area contributed by atoms with E-state index in [0.717, 1.165) is 68.3 Å². The molecule has 2 aromatic heterocycles. The van der Waals surface area contributed by atoms with Crippen LogP contribution in [0.5, 0.6) is 5.75 Å². The average Bonchev–Trinajstić information content (AvgIpc) is 3.32. The summed E-state index contributed by atoms with van der Waals surface area (Å²) in [5.74, 6) is 1.74. The Bertz CT molecular complexity index is 1100. The van der Waals surface area contributed by atoms with E-state index in [1.54, 1.807) is 13.4 Å². The molecule has 5 rings (SSSR count). The Kier molecular flexibility index (Phi) is 5.73. The van der Waals surface area contributed by atoms with Crippen molar-refractivity contribution in [3.05, 3.63) is 35.9 Å². The summed E-state index contributed by atoms with van der Waals surface area (Å²) in [6.07, 6.45) is 3.41. The third-order valence-electron chi connectivity index (χ3n) is 6.34. The molecular weight excluding hydrogens is 430 g/mol. The van der Waals surface area contributed by atoms with Gasteiger partial charge in [0.2, 0.25) is 11.2 Å². The van der Waals surface area contributed by atoms with Gasteiger partial charge in [-0.25, -0.2) is 4.98 Å². The minimum absolute atomic E-state index is 0.0528. The van der Waals surface area contributed by atoms with Crippen LogP contribution in [0, 0.1) is 5.92 Å². The van der Waals surface area contributed by atoms with Crippen molar-refractivity contribution in [3.8, 4) is 5.75 Å². The average molecular weight is 456 g/mol. The Morgan fingerprint density at radius 3 is 2.62 bits per heavy atom. The van der Waals surface area contributed by atoms with Crippen LogP contribution in [-0.2, 0) is 4.79 Å². The third-order valence-corrected chi connectivity index (χ3v) is 6.51. The Labute approximate surface area is 191 Å². The van der Waals surface area contributed by atoms with E-state index in [2.05, 4.69) is 41.9 Å². The van der Waals surface area contributed by atoms with Crippen molar-refractivity contribution in [2.45, 2.75) is 12.8 Å². The molecule has 1 aromatic carbocycles. The maximum atomic E-state index is 13.3. The zero-order valence-corrected chi connectivity index (χ0v) is 18.8. The minimum atomic E-state index is -0.0528. The zero-order valence-electron chi connectivity index (χ0n) is 18.0. The molecule has 2 aliphatic heterocycles. The van der Waals surface area contributed by atoms with E-state index >= 15 is 0 Å². The summed E-state index contributed by atoms with van der Waals surface area (Å²) < 4.78 is 5.24. The third kappa shape index (κ3) is 4.04. The van der Waals surface area contributed by atoms with Crippen LogP contribution in [0.1, 0.15) is 12.8 Å². The molecule has 0 bridgehead atoms. The van der Waals surface area contributed by atoms with Crippen LogP contribution in [0.15, 0.2) is 30.6 Å². The van der Waals surface area contributed by atoms with Gasteiger partial charge in [-0.3, -0.25) is 4.79 Å². The molecule has 0 saturated carbocycles. The number of carbonyl (C=O) groups is 1. The Morgan fingerprint density at radius 1 is 1.09 bits per heavy atom. The van der Waals surface area contributed by atoms with Crippen molar-refractivity contribution in [1.82, 2.24) is 24.8 Å². The number of nitrogens with one attached hydrogen (secondary N) is 1. The summed E-state index contributed by atoms with van der Waals surface area (Å²) >= 11 is 6.11. The summed E-state index contributed by atoms with van der Waals surface area (Å²) in [5, 5.41) is 0.169. The van der Waals surface area contributed by atoms with Crippen molar-refractivity contribution in [3.63, 3.8) is 0 Å². The highest BCUT2D eigenvalue weighted by Gasteiger charge is 2.32. The lowest BCUT2D eigenvalue weighted by atomic mass is 9.96. The van der Waals surface area contributed by atoms with Crippen molar-refractivity contribution in [1.29, 1.82) is 0 Å². The maximum Gasteiger partial charge on any atom is 0.227 e. The van der Waals surface area contributed by atoms with E-state index in [1.807, 2.05) is 17.0 Å². The lowest BCUT2D eigenvalue weighted by Gasteiger charge is -2.40. The van der Waals surface area contributed by atoms with Gasteiger partial charge in [0.15, 0.2) is 11.5 Å². The highest BCUT2D eigenvalue weighted by Crippen LogP contribution is 2.29. The van der Waals surface area contributed by atoms with Gasteiger partial charge in [0.05, 0.1) is 19.4 Å². The number of H-pyrrole nitrogens is 1. The van der Waals surface area contributed by atoms with Gasteiger partial charge in [0.25, 0.3) is 0 Å². The van der Waals surface area contributed by atoms with Gasteiger partial charge in [-0.1, -0.05) is 0 Å². The molecule has 0 spiro atoms. The van der Waals surface area contributed by atoms with Crippen LogP contribution in [0.3, 0.4) is 0 Å². The van der Waals surface area contributed by atoms with Crippen LogP contribution in [0.4, 0.5) is 11.5 Å². The van der Waals surface area contributed by atoms with Gasteiger partial charge >= 0.3 is 0 Å². The molecule has 1 N–H and O–H groups in total. The highest BCUT2D eigenvalue weighted by atomic mass is 35.5. The first-order valence-corrected chi connectivity index (χ1v) is 11.3. The van der Waals surface area contributed by atoms with E-state index in [9.17, 15) is 4.79 Å². The van der Waals surface area contributed by atoms with Crippen molar-refractivity contribution >= 4 is 40.2 Å². The number of anilines is 2. The summed E-state index contributed by atoms with van der Waals surface area (Å²) in [6, 6.07) is 8.08. The van der Waals surface area contributed by atoms with Crippen LogP contribution in [0.2, 0.25) is 5.28 Å². The molecule has 0 aliphatic carbocycles. The number of nitrogens with zero attached hydrogens (tertiary/aromatic N) is 6. The van der Waals surface area contributed by atoms with Crippen LogP contribution < -0.4 is 14.5 Å². The van der Waals surface area contributed by atoms with Gasteiger partial charge in [-0.05, 0) is 48.7 Å². The number of halogens is 1. The highest BCUT2D eigenvalue weighted by molar-refractivity contribution is 6.28. The van der Waals surface area contributed by atoms with Crippen LogP contribution >= 0.6 is 11.6 Å². The number of fused-ring (bicyclic) bond motifs is 1. The molecule has 168 valence electrons. The Hall–Kier alpha value is -3.07. The summed E-state index contributed by atoms with van der Waals surface area (Å²) in [7, 11) is 1.67. The van der Waals surface area contributed by atoms with Gasteiger partial charge < -0.3 is 24.4 Å². The van der Waals surface area contributed by atoms with Gasteiger partial charge in [-0.15, -0.1) is 0 Å². The fraction of sp³-hybridized carbons (Fsp3) is 0.455. The first-order valence-electron chi connectivity index (χ1n) is 10.9. The molecule has 0 radical (unpaired) electrons. The number of imidazole rings is 1. The monoisotopic (exact) mass is 455 g/mol. The SMILES string of the molecule is COc1ccc(N2CCN(C(=O)C3CCCN(c4nc(Cl)nc5nc[nH]c45)C3)CC2)cc1. The van der Waals surface area contributed by atoms with Gasteiger partial charge in [0, 0.05) is 45.0 Å². The molecule has 1 unspecified atom stereocenters. The number of ether oxygens (including phenoxy) is 1. The molecule has 3 aromatic rings. The predicted octanol–water partition coefficient (Wildman–Crippen LogP) is 2.58. The minimum Gasteiger partial charge on any atom is -0.497 e. The largest absolute Gasteiger partial charge is 0.497 e. The van der Waals surface area contributed by atoms with Crippen LogP contribution in [-0.4, -0.2) is 77.1 Å². The van der Waals surface area contributed by atoms with E-state index in [1.165, 1.54) is 0 Å². The number of carbonyl (C=O) groups excluding carboxylic acids is 1. The molecule has 32 heavy (non-hydrogen) atoms. The number of rotatable bonds is 4. The summed E-state index contributed by atoms with van der Waals surface area (Å²) in [4.78, 5) is 35.7. The molecule has 4 heterocycles. The van der Waals surface area contributed by atoms with E-state index in [0.29, 0.717) is 12.2 Å². The van der Waals surface area contributed by atoms with Crippen molar-refractivity contribution in [2.24, 2.45) is 5.92 Å². The number of hydrogen-bond donors (Lipinski definition) is 1. The van der Waals surface area contributed by atoms with Gasteiger partial charge in [0.1, 0.15) is 11.3 Å². The number of aromatic nitrogens is 4. The van der Waals surface area contributed by atoms with E-state index < -0.39 is 0 Å². The number of piperidine rings is 1. The molecule has 10 heteroatoms. The Morgan fingerprint density at radius 2 is 1.88 bits per heavy atom. The summed E-state index contributed by atoms with van der Waals surface area (Å²) in [5.41, 5.74) is 2.46. The number of benzene rings is 1. The quantitative estimate of drug-likeness (QED) is 0.604.